The summed E-state index contributed by atoms with van der Waals surface area (Å²) in [5.74, 6) is 0.0967. The molecule has 1 aliphatic rings. The monoisotopic (exact) mass is 337 g/mol. The van der Waals surface area contributed by atoms with E-state index in [4.69, 9.17) is 0 Å². The third kappa shape index (κ3) is 3.44. The topological polar surface area (TPSA) is 57.2 Å². The summed E-state index contributed by atoms with van der Waals surface area (Å²) in [7, 11) is 1.94. The van der Waals surface area contributed by atoms with Crippen LogP contribution < -0.4 is 0 Å². The smallest absolute Gasteiger partial charge is 0.270 e. The minimum Gasteiger partial charge on any atom is -0.351 e. The van der Waals surface area contributed by atoms with Gasteiger partial charge >= 0.3 is 0 Å². The average molecular weight is 337 g/mol. The zero-order chi connectivity index (χ0) is 17.2. The van der Waals surface area contributed by atoms with Crippen LogP contribution in [0, 0.1) is 0 Å². The number of carbonyl (C=O) groups excluding carboxylic acids is 1. The predicted molar refractivity (Wildman–Crippen MR) is 97.3 cm³/mol. The lowest BCUT2D eigenvalue weighted by atomic mass is 10.2. The van der Waals surface area contributed by atoms with Crippen LogP contribution in [-0.4, -0.2) is 56.7 Å². The van der Waals surface area contributed by atoms with E-state index in [9.17, 15) is 4.79 Å². The van der Waals surface area contributed by atoms with Gasteiger partial charge in [0.15, 0.2) is 0 Å². The van der Waals surface area contributed by atoms with Crippen molar-refractivity contribution in [1.82, 2.24) is 24.6 Å². The number of hydrogen-bond acceptors (Lipinski definition) is 3. The second kappa shape index (κ2) is 6.72. The number of H-pyrrole nitrogens is 1. The largest absolute Gasteiger partial charge is 0.351 e. The Hall–Kier alpha value is -2.60. The number of rotatable bonds is 3. The van der Waals surface area contributed by atoms with E-state index < -0.39 is 0 Å². The van der Waals surface area contributed by atoms with Gasteiger partial charge in [-0.3, -0.25) is 14.4 Å². The number of nitrogens with zero attached hydrogens (tertiary/aromatic N) is 4. The van der Waals surface area contributed by atoms with Crippen molar-refractivity contribution in [2.24, 2.45) is 7.05 Å². The molecule has 130 valence electrons. The molecule has 1 saturated heterocycles. The molecule has 4 rings (SSSR count). The number of amides is 1. The summed E-state index contributed by atoms with van der Waals surface area (Å²) in [5, 5.41) is 5.31. The number of benzene rings is 1. The minimum absolute atomic E-state index is 0.0967. The molecule has 1 N–H and O–H groups in total. The molecule has 6 nitrogen and oxygen atoms in total. The van der Waals surface area contributed by atoms with Crippen LogP contribution in [0.1, 0.15) is 22.5 Å². The van der Waals surface area contributed by atoms with Crippen molar-refractivity contribution in [3.05, 3.63) is 54.0 Å². The number of aromatic nitrogens is 3. The lowest BCUT2D eigenvalue weighted by Crippen LogP contribution is -2.35. The summed E-state index contributed by atoms with van der Waals surface area (Å²) >= 11 is 0. The van der Waals surface area contributed by atoms with Gasteiger partial charge in [-0.25, -0.2) is 0 Å². The minimum atomic E-state index is 0.0967. The lowest BCUT2D eigenvalue weighted by molar-refractivity contribution is 0.0756. The standard InChI is InChI=1S/C19H23N5O/c1-22-13-15(12-20-22)14-23-7-4-8-24(10-9-23)19(25)18-11-16-5-2-3-6-17(16)21-18/h2-3,5-6,11-13,21H,4,7-10,14H2,1H3. The van der Waals surface area contributed by atoms with Gasteiger partial charge < -0.3 is 9.88 Å². The SMILES string of the molecule is Cn1cc(CN2CCCN(C(=O)c3cc4ccccc4[nH]3)CC2)cn1. The van der Waals surface area contributed by atoms with Crippen LogP contribution in [0.3, 0.4) is 0 Å². The van der Waals surface area contributed by atoms with Crippen molar-refractivity contribution in [1.29, 1.82) is 0 Å². The molecule has 0 spiro atoms. The fourth-order valence-corrected chi connectivity index (χ4v) is 3.50. The van der Waals surface area contributed by atoms with Gasteiger partial charge in [-0.05, 0) is 18.6 Å². The van der Waals surface area contributed by atoms with Crippen LogP contribution in [0.5, 0.6) is 0 Å². The number of carbonyl (C=O) groups is 1. The first kappa shape index (κ1) is 15.9. The quantitative estimate of drug-likeness (QED) is 0.797. The van der Waals surface area contributed by atoms with E-state index in [1.54, 1.807) is 0 Å². The Morgan fingerprint density at radius 3 is 2.88 bits per heavy atom. The summed E-state index contributed by atoms with van der Waals surface area (Å²) in [6, 6.07) is 9.96. The molecular weight excluding hydrogens is 314 g/mol. The normalized spacial score (nSPS) is 16.3. The van der Waals surface area contributed by atoms with E-state index in [-0.39, 0.29) is 5.91 Å². The number of fused-ring (bicyclic) bond motifs is 1. The lowest BCUT2D eigenvalue weighted by Gasteiger charge is -2.21. The highest BCUT2D eigenvalue weighted by Crippen LogP contribution is 2.17. The van der Waals surface area contributed by atoms with E-state index in [2.05, 4.69) is 21.2 Å². The van der Waals surface area contributed by atoms with Crippen molar-refractivity contribution < 1.29 is 4.79 Å². The maximum atomic E-state index is 12.9. The van der Waals surface area contributed by atoms with E-state index in [1.807, 2.05) is 53.2 Å². The highest BCUT2D eigenvalue weighted by Gasteiger charge is 2.21. The molecule has 0 aliphatic carbocycles. The summed E-state index contributed by atoms with van der Waals surface area (Å²) in [6.45, 7) is 4.35. The average Bonchev–Trinajstić information content (AvgIpc) is 3.15. The van der Waals surface area contributed by atoms with Crippen molar-refractivity contribution >= 4 is 16.8 Å². The summed E-state index contributed by atoms with van der Waals surface area (Å²) in [4.78, 5) is 20.5. The van der Waals surface area contributed by atoms with Crippen LogP contribution in [0.15, 0.2) is 42.7 Å². The second-order valence-corrected chi connectivity index (χ2v) is 6.71. The molecule has 0 bridgehead atoms. The molecule has 25 heavy (non-hydrogen) atoms. The number of nitrogens with one attached hydrogen (secondary N) is 1. The van der Waals surface area contributed by atoms with E-state index in [0.717, 1.165) is 50.0 Å². The van der Waals surface area contributed by atoms with Crippen LogP contribution in [0.2, 0.25) is 0 Å². The number of aromatic amines is 1. The molecule has 0 atom stereocenters. The fraction of sp³-hybridized carbons (Fsp3) is 0.368. The Kier molecular flexibility index (Phi) is 4.28. The number of aryl methyl sites for hydroxylation is 1. The van der Waals surface area contributed by atoms with Crippen molar-refractivity contribution in [3.63, 3.8) is 0 Å². The van der Waals surface area contributed by atoms with E-state index in [0.29, 0.717) is 5.69 Å². The number of para-hydroxylation sites is 1. The van der Waals surface area contributed by atoms with Crippen LogP contribution in [-0.2, 0) is 13.6 Å². The van der Waals surface area contributed by atoms with Gasteiger partial charge in [-0.2, -0.15) is 5.10 Å². The molecule has 1 amide bonds. The Morgan fingerprint density at radius 2 is 2.08 bits per heavy atom. The summed E-state index contributed by atoms with van der Waals surface area (Å²) in [5.41, 5.74) is 2.92. The second-order valence-electron chi connectivity index (χ2n) is 6.71. The third-order valence-electron chi connectivity index (χ3n) is 4.80. The molecule has 1 aromatic carbocycles. The third-order valence-corrected chi connectivity index (χ3v) is 4.80. The molecule has 1 aliphatic heterocycles. The van der Waals surface area contributed by atoms with Gasteiger partial charge in [0.25, 0.3) is 5.91 Å². The zero-order valence-corrected chi connectivity index (χ0v) is 14.5. The maximum Gasteiger partial charge on any atom is 0.270 e. The van der Waals surface area contributed by atoms with Gasteiger partial charge in [0.2, 0.25) is 0 Å². The first-order valence-electron chi connectivity index (χ1n) is 8.76. The Labute approximate surface area is 147 Å². The molecule has 3 aromatic rings. The Morgan fingerprint density at radius 1 is 1.20 bits per heavy atom. The Bertz CT molecular complexity index is 848. The zero-order valence-electron chi connectivity index (χ0n) is 14.5. The maximum absolute atomic E-state index is 12.9. The summed E-state index contributed by atoms with van der Waals surface area (Å²) < 4.78 is 1.83. The van der Waals surface area contributed by atoms with Crippen LogP contribution in [0.25, 0.3) is 10.9 Å². The first-order valence-corrected chi connectivity index (χ1v) is 8.76. The molecule has 6 heteroatoms. The molecule has 0 saturated carbocycles. The van der Waals surface area contributed by atoms with Crippen molar-refractivity contribution in [2.45, 2.75) is 13.0 Å². The van der Waals surface area contributed by atoms with Gasteiger partial charge in [-0.1, -0.05) is 18.2 Å². The molecule has 0 unspecified atom stereocenters. The van der Waals surface area contributed by atoms with Crippen LogP contribution >= 0.6 is 0 Å². The highest BCUT2D eigenvalue weighted by molar-refractivity contribution is 5.98. The van der Waals surface area contributed by atoms with Gasteiger partial charge in [-0.15, -0.1) is 0 Å². The highest BCUT2D eigenvalue weighted by atomic mass is 16.2. The van der Waals surface area contributed by atoms with Crippen LogP contribution in [0.4, 0.5) is 0 Å². The molecule has 0 radical (unpaired) electrons. The first-order chi connectivity index (χ1) is 12.2. The Balaban J connectivity index is 1.42. The predicted octanol–water partition coefficient (Wildman–Crippen LogP) is 2.25. The fourth-order valence-electron chi connectivity index (χ4n) is 3.50. The van der Waals surface area contributed by atoms with Gasteiger partial charge in [0.1, 0.15) is 5.69 Å². The number of hydrogen-bond donors (Lipinski definition) is 1. The van der Waals surface area contributed by atoms with Crippen molar-refractivity contribution in [2.75, 3.05) is 26.2 Å². The van der Waals surface area contributed by atoms with E-state index in [1.165, 1.54) is 5.56 Å². The van der Waals surface area contributed by atoms with Gasteiger partial charge in [0, 0.05) is 62.4 Å². The van der Waals surface area contributed by atoms with Crippen molar-refractivity contribution in [3.8, 4) is 0 Å². The molecule has 1 fully saturated rings. The molecular formula is C19H23N5O. The van der Waals surface area contributed by atoms with E-state index >= 15 is 0 Å². The van der Waals surface area contributed by atoms with Gasteiger partial charge in [0.05, 0.1) is 6.20 Å². The summed E-state index contributed by atoms with van der Waals surface area (Å²) in [6.07, 6.45) is 4.96. The molecule has 2 aromatic heterocycles. The molecule has 3 heterocycles.